The summed E-state index contributed by atoms with van der Waals surface area (Å²) in [5.41, 5.74) is -0.582. The average Bonchev–Trinajstić information content (AvgIpc) is 2.79. The Morgan fingerprint density at radius 1 is 1.30 bits per heavy atom. The van der Waals surface area contributed by atoms with Gasteiger partial charge in [-0.2, -0.15) is 18.3 Å². The summed E-state index contributed by atoms with van der Waals surface area (Å²) in [6.45, 7) is 6.92. The smallest absolute Gasteiger partial charge is 0.368 e. The van der Waals surface area contributed by atoms with E-state index in [0.717, 1.165) is 6.07 Å². The maximum Gasteiger partial charge on any atom is 0.435 e. The van der Waals surface area contributed by atoms with Crippen LogP contribution in [-0.2, 0) is 6.18 Å². The van der Waals surface area contributed by atoms with Crippen molar-refractivity contribution in [1.82, 2.24) is 14.6 Å². The second-order valence-corrected chi connectivity index (χ2v) is 5.24. The van der Waals surface area contributed by atoms with Crippen LogP contribution in [0, 0.1) is 11.8 Å². The summed E-state index contributed by atoms with van der Waals surface area (Å²) in [5.74, 6) is 1.29. The number of halogens is 3. The minimum Gasteiger partial charge on any atom is -0.368 e. The lowest BCUT2D eigenvalue weighted by Crippen LogP contribution is -2.17. The number of rotatable bonds is 4. The van der Waals surface area contributed by atoms with Gasteiger partial charge in [0.15, 0.2) is 11.5 Å². The molecule has 2 rings (SSSR count). The Morgan fingerprint density at radius 3 is 2.60 bits per heavy atom. The Bertz CT molecular complexity index is 589. The number of hydrogen-bond donors (Lipinski definition) is 1. The molecule has 0 aliphatic carbocycles. The molecule has 2 aromatic rings. The number of nitrogens with zero attached hydrogens (tertiary/aromatic N) is 3. The molecule has 0 saturated carbocycles. The van der Waals surface area contributed by atoms with Crippen molar-refractivity contribution in [3.63, 3.8) is 0 Å². The summed E-state index contributed by atoms with van der Waals surface area (Å²) in [4.78, 5) is 4.09. The van der Waals surface area contributed by atoms with Crippen molar-refractivity contribution in [3.05, 3.63) is 24.2 Å². The molecule has 110 valence electrons. The van der Waals surface area contributed by atoms with E-state index in [1.54, 1.807) is 0 Å². The summed E-state index contributed by atoms with van der Waals surface area (Å²) in [7, 11) is 0. The molecule has 20 heavy (non-hydrogen) atoms. The predicted molar refractivity (Wildman–Crippen MR) is 70.5 cm³/mol. The van der Waals surface area contributed by atoms with Gasteiger partial charge in [0.05, 0.1) is 0 Å². The first-order valence-corrected chi connectivity index (χ1v) is 6.44. The average molecular weight is 286 g/mol. The van der Waals surface area contributed by atoms with Crippen LogP contribution in [0.25, 0.3) is 5.52 Å². The summed E-state index contributed by atoms with van der Waals surface area (Å²) >= 11 is 0. The van der Waals surface area contributed by atoms with Crippen molar-refractivity contribution in [1.29, 1.82) is 0 Å². The third-order valence-corrected chi connectivity index (χ3v) is 3.41. The van der Waals surface area contributed by atoms with Crippen molar-refractivity contribution in [3.8, 4) is 0 Å². The predicted octanol–water partition coefficient (Wildman–Crippen LogP) is 3.45. The first kappa shape index (κ1) is 14.6. The van der Waals surface area contributed by atoms with Gasteiger partial charge in [0, 0.05) is 25.0 Å². The topological polar surface area (TPSA) is 42.2 Å². The van der Waals surface area contributed by atoms with Crippen LogP contribution in [0.3, 0.4) is 0 Å². The van der Waals surface area contributed by atoms with Gasteiger partial charge in [-0.15, -0.1) is 0 Å². The first-order chi connectivity index (χ1) is 9.29. The van der Waals surface area contributed by atoms with Crippen LogP contribution in [0.15, 0.2) is 18.5 Å². The van der Waals surface area contributed by atoms with E-state index in [1.807, 2.05) is 0 Å². The maximum atomic E-state index is 12.7. The van der Waals surface area contributed by atoms with Gasteiger partial charge >= 0.3 is 6.18 Å². The zero-order valence-corrected chi connectivity index (χ0v) is 11.6. The number of hydrogen-bond acceptors (Lipinski definition) is 3. The normalized spacial score (nSPS) is 13.9. The fourth-order valence-electron chi connectivity index (χ4n) is 1.69. The standard InChI is InChI=1S/C13H17F3N4/c1-8(2)9(3)7-18-12-10-6-11(13(14,15)16)19-20(10)5-4-17-12/h4-6,8-9H,7H2,1-3H3,(H,17,18). The van der Waals surface area contributed by atoms with Crippen LogP contribution < -0.4 is 5.32 Å². The molecule has 1 atom stereocenters. The largest absolute Gasteiger partial charge is 0.435 e. The van der Waals surface area contributed by atoms with E-state index in [9.17, 15) is 13.2 Å². The van der Waals surface area contributed by atoms with E-state index in [0.29, 0.717) is 29.7 Å². The Kier molecular flexibility index (Phi) is 3.87. The highest BCUT2D eigenvalue weighted by atomic mass is 19.4. The molecule has 0 saturated heterocycles. The third kappa shape index (κ3) is 3.02. The van der Waals surface area contributed by atoms with Crippen LogP contribution in [0.1, 0.15) is 26.5 Å². The molecule has 1 unspecified atom stereocenters. The summed E-state index contributed by atoms with van der Waals surface area (Å²) in [6.07, 6.45) is -1.61. The first-order valence-electron chi connectivity index (χ1n) is 6.44. The monoisotopic (exact) mass is 286 g/mol. The van der Waals surface area contributed by atoms with Crippen molar-refractivity contribution < 1.29 is 13.2 Å². The highest BCUT2D eigenvalue weighted by Gasteiger charge is 2.34. The lowest BCUT2D eigenvalue weighted by molar-refractivity contribution is -0.141. The van der Waals surface area contributed by atoms with Crippen LogP contribution >= 0.6 is 0 Å². The zero-order valence-electron chi connectivity index (χ0n) is 11.6. The Balaban J connectivity index is 2.28. The van der Waals surface area contributed by atoms with Gasteiger partial charge in [0.2, 0.25) is 0 Å². The van der Waals surface area contributed by atoms with Gasteiger partial charge in [0.25, 0.3) is 0 Å². The van der Waals surface area contributed by atoms with E-state index in [-0.39, 0.29) is 0 Å². The molecule has 2 heterocycles. The van der Waals surface area contributed by atoms with E-state index >= 15 is 0 Å². The molecular weight excluding hydrogens is 269 g/mol. The van der Waals surface area contributed by atoms with Gasteiger partial charge in [-0.1, -0.05) is 20.8 Å². The van der Waals surface area contributed by atoms with Crippen LogP contribution in [-0.4, -0.2) is 21.1 Å². The molecule has 1 N–H and O–H groups in total. The molecule has 0 aliphatic rings. The van der Waals surface area contributed by atoms with Gasteiger partial charge in [-0.05, 0) is 11.8 Å². The summed E-state index contributed by atoms with van der Waals surface area (Å²) in [5, 5.41) is 6.61. The highest BCUT2D eigenvalue weighted by molar-refractivity contribution is 5.67. The van der Waals surface area contributed by atoms with Gasteiger partial charge in [-0.25, -0.2) is 9.50 Å². The molecule has 2 aromatic heterocycles. The second kappa shape index (κ2) is 5.30. The van der Waals surface area contributed by atoms with E-state index in [4.69, 9.17) is 0 Å². The Labute approximate surface area is 115 Å². The number of alkyl halides is 3. The number of aromatic nitrogens is 3. The molecule has 0 aromatic carbocycles. The third-order valence-electron chi connectivity index (χ3n) is 3.41. The van der Waals surface area contributed by atoms with Gasteiger partial charge in [-0.3, -0.25) is 0 Å². The van der Waals surface area contributed by atoms with Crippen molar-refractivity contribution in [2.45, 2.75) is 26.9 Å². The molecule has 0 bridgehead atoms. The molecule has 0 radical (unpaired) electrons. The second-order valence-electron chi connectivity index (χ2n) is 5.24. The lowest BCUT2D eigenvalue weighted by Gasteiger charge is -2.16. The van der Waals surface area contributed by atoms with E-state index in [1.165, 1.54) is 16.9 Å². The van der Waals surface area contributed by atoms with Crippen LogP contribution in [0.4, 0.5) is 19.0 Å². The van der Waals surface area contributed by atoms with Gasteiger partial charge < -0.3 is 5.32 Å². The van der Waals surface area contributed by atoms with Crippen molar-refractivity contribution in [2.24, 2.45) is 11.8 Å². The van der Waals surface area contributed by atoms with Crippen molar-refractivity contribution >= 4 is 11.3 Å². The molecule has 0 amide bonds. The molecule has 7 heteroatoms. The van der Waals surface area contributed by atoms with E-state index in [2.05, 4.69) is 36.2 Å². The minimum atomic E-state index is -4.45. The number of anilines is 1. The fourth-order valence-corrected chi connectivity index (χ4v) is 1.69. The zero-order chi connectivity index (χ0) is 14.9. The molecule has 4 nitrogen and oxygen atoms in total. The highest BCUT2D eigenvalue weighted by Crippen LogP contribution is 2.30. The minimum absolute atomic E-state index is 0.329. The van der Waals surface area contributed by atoms with Crippen molar-refractivity contribution in [2.75, 3.05) is 11.9 Å². The molecule has 0 spiro atoms. The quantitative estimate of drug-likeness (QED) is 0.936. The van der Waals surface area contributed by atoms with Crippen LogP contribution in [0.5, 0.6) is 0 Å². The summed E-state index contributed by atoms with van der Waals surface area (Å²) in [6, 6.07) is 1.01. The maximum absolute atomic E-state index is 12.7. The summed E-state index contributed by atoms with van der Waals surface area (Å²) < 4.78 is 39.2. The molecule has 0 fully saturated rings. The Hall–Kier alpha value is -1.79. The SMILES string of the molecule is CC(C)C(C)CNc1nccn2nc(C(F)(F)F)cc12. The van der Waals surface area contributed by atoms with Crippen LogP contribution in [0.2, 0.25) is 0 Å². The lowest BCUT2D eigenvalue weighted by atomic mass is 9.98. The molecule has 0 aliphatic heterocycles. The van der Waals surface area contributed by atoms with E-state index < -0.39 is 11.9 Å². The van der Waals surface area contributed by atoms with Gasteiger partial charge in [0.1, 0.15) is 5.52 Å². The molecular formula is C13H17F3N4. The fraction of sp³-hybridized carbons (Fsp3) is 0.538. The number of fused-ring (bicyclic) bond motifs is 1. The number of nitrogens with one attached hydrogen (secondary N) is 1. The Morgan fingerprint density at radius 2 is 2.00 bits per heavy atom.